The molecule has 0 aliphatic carbocycles. The average Bonchev–Trinajstić information content (AvgIpc) is 2.86. The van der Waals surface area contributed by atoms with E-state index in [1.54, 1.807) is 6.20 Å². The summed E-state index contributed by atoms with van der Waals surface area (Å²) in [4.78, 5) is 7.10. The summed E-state index contributed by atoms with van der Waals surface area (Å²) in [7, 11) is 0. The zero-order valence-electron chi connectivity index (χ0n) is 9.51. The summed E-state index contributed by atoms with van der Waals surface area (Å²) in [5, 5.41) is 10.3. The van der Waals surface area contributed by atoms with Crippen LogP contribution in [0.2, 0.25) is 0 Å². The molecule has 0 aliphatic heterocycles. The van der Waals surface area contributed by atoms with Gasteiger partial charge in [0.25, 0.3) is 0 Å². The molecule has 0 amide bonds. The topological polar surface area (TPSA) is 78.5 Å². The van der Waals surface area contributed by atoms with Crippen molar-refractivity contribution in [3.8, 4) is 17.2 Å². The second-order valence-corrected chi connectivity index (χ2v) is 3.98. The third-order valence-corrected chi connectivity index (χ3v) is 2.98. The number of nitrogen functional groups attached to an aromatic ring is 1. The van der Waals surface area contributed by atoms with E-state index in [0.717, 1.165) is 22.0 Å². The Hall–Kier alpha value is -2.80. The van der Waals surface area contributed by atoms with E-state index < -0.39 is 0 Å². The first-order valence-electron chi connectivity index (χ1n) is 5.52. The highest BCUT2D eigenvalue weighted by atomic mass is 14.8. The first-order valence-corrected chi connectivity index (χ1v) is 5.52. The second-order valence-electron chi connectivity index (χ2n) is 3.98. The molecule has 4 nitrogen and oxygen atoms in total. The van der Waals surface area contributed by atoms with Crippen LogP contribution in [0.3, 0.4) is 0 Å². The van der Waals surface area contributed by atoms with Gasteiger partial charge in [0.2, 0.25) is 0 Å². The van der Waals surface area contributed by atoms with Crippen molar-refractivity contribution in [2.75, 3.05) is 5.73 Å². The molecule has 18 heavy (non-hydrogen) atoms. The molecule has 0 unspecified atom stereocenters. The van der Waals surface area contributed by atoms with Gasteiger partial charge in [0.05, 0.1) is 0 Å². The Morgan fingerprint density at radius 2 is 2.06 bits per heavy atom. The number of nitriles is 1. The van der Waals surface area contributed by atoms with Crippen molar-refractivity contribution >= 4 is 16.7 Å². The van der Waals surface area contributed by atoms with Crippen LogP contribution in [0.4, 0.5) is 5.82 Å². The third kappa shape index (κ3) is 1.42. The van der Waals surface area contributed by atoms with Gasteiger partial charge in [-0.2, -0.15) is 5.26 Å². The largest absolute Gasteiger partial charge is 0.383 e. The summed E-state index contributed by atoms with van der Waals surface area (Å²) >= 11 is 0. The van der Waals surface area contributed by atoms with Gasteiger partial charge in [-0.1, -0.05) is 12.1 Å². The summed E-state index contributed by atoms with van der Waals surface area (Å²) in [5.41, 5.74) is 9.00. The summed E-state index contributed by atoms with van der Waals surface area (Å²) < 4.78 is 0. The molecule has 3 aromatic rings. The standard InChI is InChI=1S/C14H10N4/c15-8-12-10(4-7-18-14(12)16)9-2-1-3-13-11(9)5-6-17-13/h1-7,17H,(H2,16,18). The zero-order chi connectivity index (χ0) is 12.5. The Bertz CT molecular complexity index is 765. The van der Waals surface area contributed by atoms with Gasteiger partial charge in [-0.15, -0.1) is 0 Å². The quantitative estimate of drug-likeness (QED) is 0.679. The van der Waals surface area contributed by atoms with Crippen LogP contribution >= 0.6 is 0 Å². The molecule has 1 aromatic carbocycles. The molecule has 86 valence electrons. The fourth-order valence-corrected chi connectivity index (χ4v) is 2.14. The van der Waals surface area contributed by atoms with Crippen LogP contribution in [0.1, 0.15) is 5.56 Å². The van der Waals surface area contributed by atoms with E-state index in [-0.39, 0.29) is 5.82 Å². The molecule has 0 spiro atoms. The molecular formula is C14H10N4. The maximum absolute atomic E-state index is 9.21. The Kier molecular flexibility index (Phi) is 2.24. The van der Waals surface area contributed by atoms with Crippen LogP contribution in [0.15, 0.2) is 42.7 Å². The van der Waals surface area contributed by atoms with E-state index in [2.05, 4.69) is 16.0 Å². The molecule has 3 N–H and O–H groups in total. The number of anilines is 1. The van der Waals surface area contributed by atoms with E-state index in [4.69, 9.17) is 5.73 Å². The smallest absolute Gasteiger partial charge is 0.141 e. The zero-order valence-corrected chi connectivity index (χ0v) is 9.51. The fourth-order valence-electron chi connectivity index (χ4n) is 2.14. The SMILES string of the molecule is N#Cc1c(-c2cccc3[nH]ccc23)ccnc1N. The minimum atomic E-state index is 0.266. The minimum absolute atomic E-state index is 0.266. The minimum Gasteiger partial charge on any atom is -0.383 e. The van der Waals surface area contributed by atoms with E-state index in [9.17, 15) is 5.26 Å². The Morgan fingerprint density at radius 1 is 1.17 bits per heavy atom. The number of pyridine rings is 1. The molecule has 2 heterocycles. The van der Waals surface area contributed by atoms with Gasteiger partial charge < -0.3 is 10.7 Å². The lowest BCUT2D eigenvalue weighted by Gasteiger charge is -2.07. The van der Waals surface area contributed by atoms with Gasteiger partial charge in [-0.05, 0) is 23.8 Å². The Balaban J connectivity index is 2.37. The maximum atomic E-state index is 9.21. The molecular weight excluding hydrogens is 224 g/mol. The van der Waals surface area contributed by atoms with Crippen LogP contribution in [-0.4, -0.2) is 9.97 Å². The number of aromatic amines is 1. The van der Waals surface area contributed by atoms with E-state index >= 15 is 0 Å². The molecule has 0 atom stereocenters. The molecule has 0 aliphatic rings. The van der Waals surface area contributed by atoms with Crippen molar-refractivity contribution in [2.24, 2.45) is 0 Å². The van der Waals surface area contributed by atoms with Crippen LogP contribution in [0.25, 0.3) is 22.0 Å². The van der Waals surface area contributed by atoms with Crippen LogP contribution in [0, 0.1) is 11.3 Å². The molecule has 4 heteroatoms. The molecule has 0 saturated heterocycles. The number of fused-ring (bicyclic) bond motifs is 1. The number of H-pyrrole nitrogens is 1. The Labute approximate surface area is 104 Å². The van der Waals surface area contributed by atoms with Crippen molar-refractivity contribution in [3.63, 3.8) is 0 Å². The number of rotatable bonds is 1. The number of nitrogens with one attached hydrogen (secondary N) is 1. The maximum Gasteiger partial charge on any atom is 0.141 e. The third-order valence-electron chi connectivity index (χ3n) is 2.98. The number of nitrogens with zero attached hydrogens (tertiary/aromatic N) is 2. The summed E-state index contributed by atoms with van der Waals surface area (Å²) in [6.45, 7) is 0. The number of benzene rings is 1. The van der Waals surface area contributed by atoms with Crippen molar-refractivity contribution < 1.29 is 0 Å². The van der Waals surface area contributed by atoms with Crippen molar-refractivity contribution in [2.45, 2.75) is 0 Å². The number of hydrogen-bond donors (Lipinski definition) is 2. The lowest BCUT2D eigenvalue weighted by atomic mass is 9.98. The lowest BCUT2D eigenvalue weighted by molar-refractivity contribution is 1.31. The molecule has 3 rings (SSSR count). The van der Waals surface area contributed by atoms with Gasteiger partial charge in [0, 0.05) is 28.9 Å². The van der Waals surface area contributed by atoms with E-state index in [1.807, 2.05) is 36.5 Å². The van der Waals surface area contributed by atoms with Gasteiger partial charge in [0.15, 0.2) is 0 Å². The molecule has 2 aromatic heterocycles. The first-order chi connectivity index (χ1) is 8.81. The normalized spacial score (nSPS) is 10.4. The number of hydrogen-bond acceptors (Lipinski definition) is 3. The van der Waals surface area contributed by atoms with Crippen molar-refractivity contribution in [3.05, 3.63) is 48.3 Å². The highest BCUT2D eigenvalue weighted by molar-refractivity contribution is 5.97. The predicted octanol–water partition coefficient (Wildman–Crippen LogP) is 2.68. The highest BCUT2D eigenvalue weighted by Crippen LogP contribution is 2.31. The predicted molar refractivity (Wildman–Crippen MR) is 70.7 cm³/mol. The average molecular weight is 234 g/mol. The lowest BCUT2D eigenvalue weighted by Crippen LogP contribution is -1.96. The van der Waals surface area contributed by atoms with E-state index in [0.29, 0.717) is 5.56 Å². The van der Waals surface area contributed by atoms with Crippen LogP contribution in [-0.2, 0) is 0 Å². The van der Waals surface area contributed by atoms with Gasteiger partial charge >= 0.3 is 0 Å². The van der Waals surface area contributed by atoms with Crippen molar-refractivity contribution in [1.82, 2.24) is 9.97 Å². The van der Waals surface area contributed by atoms with Crippen LogP contribution < -0.4 is 5.73 Å². The molecule has 0 saturated carbocycles. The second kappa shape index (κ2) is 3.90. The monoisotopic (exact) mass is 234 g/mol. The Morgan fingerprint density at radius 3 is 2.89 bits per heavy atom. The van der Waals surface area contributed by atoms with Crippen LogP contribution in [0.5, 0.6) is 0 Å². The fraction of sp³-hybridized carbons (Fsp3) is 0. The summed E-state index contributed by atoms with van der Waals surface area (Å²) in [5.74, 6) is 0.266. The van der Waals surface area contributed by atoms with Gasteiger partial charge in [-0.3, -0.25) is 0 Å². The summed E-state index contributed by atoms with van der Waals surface area (Å²) in [6, 6.07) is 11.8. The molecule has 0 bridgehead atoms. The first kappa shape index (κ1) is 10.4. The highest BCUT2D eigenvalue weighted by Gasteiger charge is 2.11. The molecule has 0 radical (unpaired) electrons. The van der Waals surface area contributed by atoms with Gasteiger partial charge in [0.1, 0.15) is 17.5 Å². The van der Waals surface area contributed by atoms with Crippen molar-refractivity contribution in [1.29, 1.82) is 5.26 Å². The number of nitrogens with two attached hydrogens (primary N) is 1. The van der Waals surface area contributed by atoms with E-state index in [1.165, 1.54) is 0 Å². The summed E-state index contributed by atoms with van der Waals surface area (Å²) in [6.07, 6.45) is 3.50. The molecule has 0 fully saturated rings. The van der Waals surface area contributed by atoms with Gasteiger partial charge in [-0.25, -0.2) is 4.98 Å². The number of aromatic nitrogens is 2.